The Morgan fingerprint density at radius 2 is 1.79 bits per heavy atom. The summed E-state index contributed by atoms with van der Waals surface area (Å²) >= 11 is 0. The van der Waals surface area contributed by atoms with Crippen LogP contribution in [-0.2, 0) is 0 Å². The molecule has 2 aliphatic rings. The van der Waals surface area contributed by atoms with E-state index >= 15 is 0 Å². The number of piperidine rings is 1. The van der Waals surface area contributed by atoms with E-state index in [0.29, 0.717) is 0 Å². The molecular weight excluding hydrogens is 355 g/mol. The predicted octanol–water partition coefficient (Wildman–Crippen LogP) is 2.89. The van der Waals surface area contributed by atoms with Gasteiger partial charge < -0.3 is 5.32 Å². The Morgan fingerprint density at radius 1 is 1.07 bits per heavy atom. The first-order chi connectivity index (χ1) is 13.6. The van der Waals surface area contributed by atoms with Crippen LogP contribution in [-0.4, -0.2) is 36.1 Å². The van der Waals surface area contributed by atoms with E-state index in [1.165, 1.54) is 12.1 Å². The van der Waals surface area contributed by atoms with Crippen LogP contribution in [0.3, 0.4) is 0 Å². The number of benzene rings is 2. The number of likely N-dealkylation sites (tertiary alicyclic amines) is 1. The zero-order chi connectivity index (χ0) is 19.5. The topological polar surface area (TPSA) is 56.4 Å². The van der Waals surface area contributed by atoms with Crippen molar-refractivity contribution >= 4 is 5.91 Å². The summed E-state index contributed by atoms with van der Waals surface area (Å²) in [6.07, 6.45) is 3.07. The molecule has 6 heteroatoms. The summed E-state index contributed by atoms with van der Waals surface area (Å²) in [5.41, 5.74) is 9.56. The Labute approximate surface area is 165 Å². The third kappa shape index (κ3) is 4.24. The highest BCUT2D eigenvalue weighted by Gasteiger charge is 2.32. The fourth-order valence-electron chi connectivity index (χ4n) is 4.14. The van der Waals surface area contributed by atoms with E-state index in [1.807, 2.05) is 43.3 Å². The van der Waals surface area contributed by atoms with Gasteiger partial charge in [0.15, 0.2) is 0 Å². The number of halogens is 1. The van der Waals surface area contributed by atoms with Gasteiger partial charge >= 0.3 is 0 Å². The van der Waals surface area contributed by atoms with Crippen molar-refractivity contribution in [2.45, 2.75) is 44.4 Å². The number of hydrogen-bond acceptors (Lipinski definition) is 4. The minimum atomic E-state index is -0.207. The molecule has 2 saturated heterocycles. The fraction of sp³-hybridized carbons (Fsp3) is 0.409. The summed E-state index contributed by atoms with van der Waals surface area (Å²) in [6, 6.07) is 14.8. The molecule has 0 aliphatic carbocycles. The second-order valence-electron chi connectivity index (χ2n) is 7.74. The zero-order valence-corrected chi connectivity index (χ0v) is 16.1. The number of hydrazine groups is 1. The number of amides is 1. The van der Waals surface area contributed by atoms with Gasteiger partial charge in [0.05, 0.1) is 6.17 Å². The maximum Gasteiger partial charge on any atom is 0.251 e. The number of aryl methyl sites for hydroxylation is 1. The Balaban J connectivity index is 1.27. The number of hydrogen-bond donors (Lipinski definition) is 3. The molecule has 3 N–H and O–H groups in total. The lowest BCUT2D eigenvalue weighted by molar-refractivity contribution is 0.0879. The van der Waals surface area contributed by atoms with Gasteiger partial charge in [0.2, 0.25) is 0 Å². The smallest absolute Gasteiger partial charge is 0.251 e. The lowest BCUT2D eigenvalue weighted by Crippen LogP contribution is -2.51. The van der Waals surface area contributed by atoms with Gasteiger partial charge in [-0.25, -0.2) is 15.2 Å². The molecule has 2 aliphatic heterocycles. The normalized spacial score (nSPS) is 23.6. The fourth-order valence-corrected chi connectivity index (χ4v) is 4.14. The summed E-state index contributed by atoms with van der Waals surface area (Å²) < 4.78 is 13.1. The number of nitrogens with one attached hydrogen (secondary N) is 3. The number of nitrogens with zero attached hydrogens (tertiary/aromatic N) is 1. The molecule has 1 amide bonds. The number of carbonyl (C=O) groups excluding carboxylic acids is 1. The minimum absolute atomic E-state index is 0.0218. The standard InChI is InChI=1S/C22H27FN4O/c1-15-4-2-3-5-19(15)22(28)24-18-10-12-27(13-11-18)21-14-20(25-26-21)16-6-8-17(23)9-7-16/h2-9,18,20-21,25-26H,10-14H2,1H3,(H,24,28). The molecule has 2 heterocycles. The van der Waals surface area contributed by atoms with Crippen LogP contribution in [0.25, 0.3) is 0 Å². The maximum absolute atomic E-state index is 13.1. The van der Waals surface area contributed by atoms with Gasteiger partial charge in [0.25, 0.3) is 5.91 Å². The summed E-state index contributed by atoms with van der Waals surface area (Å²) in [7, 11) is 0. The van der Waals surface area contributed by atoms with Crippen molar-refractivity contribution in [3.63, 3.8) is 0 Å². The third-order valence-electron chi connectivity index (χ3n) is 5.85. The average Bonchev–Trinajstić information content (AvgIpc) is 3.19. The monoisotopic (exact) mass is 382 g/mol. The molecule has 0 bridgehead atoms. The largest absolute Gasteiger partial charge is 0.349 e. The summed E-state index contributed by atoms with van der Waals surface area (Å²) in [5.74, 6) is -0.186. The van der Waals surface area contributed by atoms with Gasteiger partial charge in [-0.05, 0) is 55.5 Å². The highest BCUT2D eigenvalue weighted by Crippen LogP contribution is 2.26. The lowest BCUT2D eigenvalue weighted by atomic mass is 10.0. The molecule has 2 aromatic rings. The van der Waals surface area contributed by atoms with Gasteiger partial charge in [-0.3, -0.25) is 9.69 Å². The Morgan fingerprint density at radius 3 is 2.50 bits per heavy atom. The van der Waals surface area contributed by atoms with E-state index in [9.17, 15) is 9.18 Å². The first-order valence-electron chi connectivity index (χ1n) is 9.97. The van der Waals surface area contributed by atoms with E-state index in [2.05, 4.69) is 21.1 Å². The van der Waals surface area contributed by atoms with Crippen molar-refractivity contribution in [1.29, 1.82) is 0 Å². The average molecular weight is 382 g/mol. The first-order valence-corrected chi connectivity index (χ1v) is 9.97. The van der Waals surface area contributed by atoms with Gasteiger partial charge in [0, 0.05) is 30.7 Å². The molecule has 5 nitrogen and oxygen atoms in total. The molecule has 2 unspecified atom stereocenters. The summed E-state index contributed by atoms with van der Waals surface area (Å²) in [6.45, 7) is 3.84. The van der Waals surface area contributed by atoms with E-state index < -0.39 is 0 Å². The molecule has 0 spiro atoms. The lowest BCUT2D eigenvalue weighted by Gasteiger charge is -2.36. The first kappa shape index (κ1) is 19.1. The molecule has 4 rings (SSSR count). The van der Waals surface area contributed by atoms with Crippen LogP contribution in [0.15, 0.2) is 48.5 Å². The van der Waals surface area contributed by atoms with Gasteiger partial charge in [0.1, 0.15) is 5.82 Å². The van der Waals surface area contributed by atoms with Crippen LogP contribution in [0.5, 0.6) is 0 Å². The highest BCUT2D eigenvalue weighted by atomic mass is 19.1. The van der Waals surface area contributed by atoms with Crippen molar-refractivity contribution in [3.05, 3.63) is 71.0 Å². The molecule has 0 aromatic heterocycles. The quantitative estimate of drug-likeness (QED) is 0.761. The molecule has 2 aromatic carbocycles. The maximum atomic E-state index is 13.1. The Bertz CT molecular complexity index is 818. The van der Waals surface area contributed by atoms with Crippen molar-refractivity contribution in [2.24, 2.45) is 0 Å². The Hall–Kier alpha value is -2.28. The highest BCUT2D eigenvalue weighted by molar-refractivity contribution is 5.95. The van der Waals surface area contributed by atoms with Crippen molar-refractivity contribution in [3.8, 4) is 0 Å². The summed E-state index contributed by atoms with van der Waals surface area (Å²) in [5, 5.41) is 3.19. The van der Waals surface area contributed by atoms with Gasteiger partial charge in [-0.15, -0.1) is 0 Å². The van der Waals surface area contributed by atoms with Crippen LogP contribution < -0.4 is 16.2 Å². The van der Waals surface area contributed by atoms with Crippen LogP contribution >= 0.6 is 0 Å². The van der Waals surface area contributed by atoms with Crippen LogP contribution in [0.2, 0.25) is 0 Å². The Kier molecular flexibility index (Phi) is 5.71. The van der Waals surface area contributed by atoms with Crippen LogP contribution in [0.4, 0.5) is 4.39 Å². The van der Waals surface area contributed by atoms with Crippen molar-refractivity contribution in [1.82, 2.24) is 21.1 Å². The second kappa shape index (κ2) is 8.39. The molecule has 0 radical (unpaired) electrons. The van der Waals surface area contributed by atoms with Gasteiger partial charge in [-0.1, -0.05) is 30.3 Å². The SMILES string of the molecule is Cc1ccccc1C(=O)NC1CCN(C2CC(c3ccc(F)cc3)NN2)CC1. The van der Waals surface area contributed by atoms with Crippen LogP contribution in [0, 0.1) is 12.7 Å². The zero-order valence-electron chi connectivity index (χ0n) is 16.1. The van der Waals surface area contributed by atoms with Crippen molar-refractivity contribution < 1.29 is 9.18 Å². The molecule has 148 valence electrons. The van der Waals surface area contributed by atoms with Crippen LogP contribution in [0.1, 0.15) is 46.8 Å². The number of rotatable bonds is 4. The van der Waals surface area contributed by atoms with Crippen molar-refractivity contribution in [2.75, 3.05) is 13.1 Å². The van der Waals surface area contributed by atoms with E-state index in [4.69, 9.17) is 0 Å². The predicted molar refractivity (Wildman–Crippen MR) is 107 cm³/mol. The molecular formula is C22H27FN4O. The van der Waals surface area contributed by atoms with E-state index in [-0.39, 0.29) is 30.0 Å². The molecule has 0 saturated carbocycles. The molecule has 2 atom stereocenters. The van der Waals surface area contributed by atoms with E-state index in [0.717, 1.165) is 49.0 Å². The summed E-state index contributed by atoms with van der Waals surface area (Å²) in [4.78, 5) is 14.9. The third-order valence-corrected chi connectivity index (χ3v) is 5.85. The minimum Gasteiger partial charge on any atom is -0.349 e. The molecule has 28 heavy (non-hydrogen) atoms. The second-order valence-corrected chi connectivity index (χ2v) is 7.74. The van der Waals surface area contributed by atoms with E-state index in [1.54, 1.807) is 0 Å². The van der Waals surface area contributed by atoms with Gasteiger partial charge in [-0.2, -0.15) is 0 Å². The number of carbonyl (C=O) groups is 1. The molecule has 2 fully saturated rings.